The van der Waals surface area contributed by atoms with Gasteiger partial charge in [0.2, 0.25) is 0 Å². The fourth-order valence-corrected chi connectivity index (χ4v) is 3.42. The molecule has 148 valence electrons. The Morgan fingerprint density at radius 3 is 2.32 bits per heavy atom. The number of nitrogens with zero attached hydrogens (tertiary/aromatic N) is 1. The van der Waals surface area contributed by atoms with E-state index in [0.29, 0.717) is 17.1 Å². The van der Waals surface area contributed by atoms with E-state index in [-0.39, 0.29) is 6.04 Å². The number of amides is 1. The maximum Gasteiger partial charge on any atom is 0.411 e. The maximum absolute atomic E-state index is 12.7. The largest absolute Gasteiger partial charge is 0.493 e. The van der Waals surface area contributed by atoms with E-state index < -0.39 is 24.2 Å². The number of cyclic esters (lactones) is 1. The molecule has 7 heteroatoms. The molecule has 0 N–H and O–H groups in total. The first-order chi connectivity index (χ1) is 13.5. The van der Waals surface area contributed by atoms with Gasteiger partial charge in [-0.25, -0.2) is 9.59 Å². The van der Waals surface area contributed by atoms with Crippen molar-refractivity contribution in [3.05, 3.63) is 59.7 Å². The molecule has 0 saturated carbocycles. The van der Waals surface area contributed by atoms with E-state index in [2.05, 4.69) is 0 Å². The van der Waals surface area contributed by atoms with Gasteiger partial charge in [0.15, 0.2) is 23.6 Å². The highest BCUT2D eigenvalue weighted by Crippen LogP contribution is 2.41. The SMILES string of the molecule is COC(=O)C1C(c2ccc(OC)c(OC)c2)OC(=O)N1C(C)c1ccccc1. The van der Waals surface area contributed by atoms with Gasteiger partial charge in [-0.2, -0.15) is 0 Å². The topological polar surface area (TPSA) is 74.3 Å². The molecule has 1 saturated heterocycles. The van der Waals surface area contributed by atoms with Crippen LogP contribution in [-0.4, -0.2) is 44.3 Å². The molecule has 3 atom stereocenters. The third-order valence-corrected chi connectivity index (χ3v) is 4.90. The van der Waals surface area contributed by atoms with Gasteiger partial charge in [0.05, 0.1) is 27.4 Å². The lowest BCUT2D eigenvalue weighted by atomic mass is 9.98. The Bertz CT molecular complexity index is 853. The van der Waals surface area contributed by atoms with Crippen molar-refractivity contribution in [3.63, 3.8) is 0 Å². The average Bonchev–Trinajstić information content (AvgIpc) is 3.09. The number of carbonyl (C=O) groups excluding carboxylic acids is 2. The molecule has 3 rings (SSSR count). The van der Waals surface area contributed by atoms with Crippen molar-refractivity contribution in [3.8, 4) is 11.5 Å². The van der Waals surface area contributed by atoms with Crippen molar-refractivity contribution >= 4 is 12.1 Å². The lowest BCUT2D eigenvalue weighted by Gasteiger charge is -2.28. The minimum atomic E-state index is -0.925. The van der Waals surface area contributed by atoms with Gasteiger partial charge in [0, 0.05) is 0 Å². The molecule has 1 heterocycles. The monoisotopic (exact) mass is 385 g/mol. The fourth-order valence-electron chi connectivity index (χ4n) is 3.42. The summed E-state index contributed by atoms with van der Waals surface area (Å²) < 4.78 is 21.2. The molecular weight excluding hydrogens is 362 g/mol. The Kier molecular flexibility index (Phi) is 5.73. The van der Waals surface area contributed by atoms with Crippen molar-refractivity contribution in [2.24, 2.45) is 0 Å². The van der Waals surface area contributed by atoms with E-state index >= 15 is 0 Å². The molecular formula is C21H23NO6. The maximum atomic E-state index is 12.7. The van der Waals surface area contributed by atoms with E-state index in [0.717, 1.165) is 5.56 Å². The van der Waals surface area contributed by atoms with Gasteiger partial charge in [0.1, 0.15) is 0 Å². The van der Waals surface area contributed by atoms with Gasteiger partial charge in [-0.3, -0.25) is 4.90 Å². The Labute approximate surface area is 163 Å². The first kappa shape index (κ1) is 19.5. The summed E-state index contributed by atoms with van der Waals surface area (Å²) in [6.45, 7) is 1.85. The fraction of sp³-hybridized carbons (Fsp3) is 0.333. The molecule has 3 unspecified atom stereocenters. The van der Waals surface area contributed by atoms with Crippen LogP contribution < -0.4 is 9.47 Å². The van der Waals surface area contributed by atoms with E-state index in [1.54, 1.807) is 18.2 Å². The number of hydrogen-bond donors (Lipinski definition) is 0. The Hall–Kier alpha value is -3.22. The molecule has 0 spiro atoms. The minimum absolute atomic E-state index is 0.372. The molecule has 0 bridgehead atoms. The second-order valence-corrected chi connectivity index (χ2v) is 6.38. The van der Waals surface area contributed by atoms with Crippen LogP contribution in [-0.2, 0) is 14.3 Å². The number of carbonyl (C=O) groups is 2. The zero-order chi connectivity index (χ0) is 20.3. The van der Waals surface area contributed by atoms with Gasteiger partial charge < -0.3 is 18.9 Å². The number of ether oxygens (including phenoxy) is 4. The molecule has 2 aromatic carbocycles. The summed E-state index contributed by atoms with van der Waals surface area (Å²) in [6, 6.07) is 13.3. The minimum Gasteiger partial charge on any atom is -0.493 e. The third kappa shape index (κ3) is 3.47. The van der Waals surface area contributed by atoms with Crippen molar-refractivity contribution in [2.75, 3.05) is 21.3 Å². The summed E-state index contributed by atoms with van der Waals surface area (Å²) in [5.74, 6) is 0.474. The molecule has 7 nitrogen and oxygen atoms in total. The Morgan fingerprint density at radius 2 is 1.71 bits per heavy atom. The molecule has 0 radical (unpaired) electrons. The number of benzene rings is 2. The molecule has 28 heavy (non-hydrogen) atoms. The number of hydrogen-bond acceptors (Lipinski definition) is 6. The number of rotatable bonds is 6. The molecule has 1 fully saturated rings. The normalized spacial score (nSPS) is 19.7. The van der Waals surface area contributed by atoms with E-state index in [4.69, 9.17) is 18.9 Å². The zero-order valence-electron chi connectivity index (χ0n) is 16.2. The van der Waals surface area contributed by atoms with Crippen molar-refractivity contribution in [2.45, 2.75) is 25.1 Å². The van der Waals surface area contributed by atoms with Gasteiger partial charge in [-0.15, -0.1) is 0 Å². The lowest BCUT2D eigenvalue weighted by Crippen LogP contribution is -2.42. The molecule has 1 aliphatic heterocycles. The Morgan fingerprint density at radius 1 is 1.04 bits per heavy atom. The van der Waals surface area contributed by atoms with Crippen LogP contribution in [0.1, 0.15) is 30.2 Å². The van der Waals surface area contributed by atoms with Gasteiger partial charge >= 0.3 is 12.1 Å². The first-order valence-electron chi connectivity index (χ1n) is 8.85. The van der Waals surface area contributed by atoms with Crippen molar-refractivity contribution in [1.82, 2.24) is 4.90 Å². The number of esters is 1. The smallest absolute Gasteiger partial charge is 0.411 e. The molecule has 1 amide bonds. The van der Waals surface area contributed by atoms with Crippen molar-refractivity contribution < 1.29 is 28.5 Å². The van der Waals surface area contributed by atoms with Crippen LogP contribution in [0.4, 0.5) is 4.79 Å². The van der Waals surface area contributed by atoms with E-state index in [1.165, 1.54) is 26.2 Å². The second-order valence-electron chi connectivity index (χ2n) is 6.38. The van der Waals surface area contributed by atoms with Gasteiger partial charge in [-0.05, 0) is 30.2 Å². The summed E-state index contributed by atoms with van der Waals surface area (Å²) in [7, 11) is 4.35. The first-order valence-corrected chi connectivity index (χ1v) is 8.85. The van der Waals surface area contributed by atoms with Gasteiger partial charge in [0.25, 0.3) is 0 Å². The standard InChI is InChI=1S/C21H23NO6/c1-13(14-8-6-5-7-9-14)22-18(20(23)27-4)19(28-21(22)24)15-10-11-16(25-2)17(12-15)26-3/h5-13,18-19H,1-4H3. The van der Waals surface area contributed by atoms with Crippen molar-refractivity contribution in [1.29, 1.82) is 0 Å². The van der Waals surface area contributed by atoms with Crippen LogP contribution in [0.5, 0.6) is 11.5 Å². The molecule has 0 aromatic heterocycles. The summed E-state index contributed by atoms with van der Waals surface area (Å²) in [6.07, 6.45) is -1.41. The zero-order valence-corrected chi connectivity index (χ0v) is 16.2. The highest BCUT2D eigenvalue weighted by molar-refractivity contribution is 5.85. The molecule has 2 aromatic rings. The summed E-state index contributed by atoms with van der Waals surface area (Å²) in [5.41, 5.74) is 1.51. The van der Waals surface area contributed by atoms with E-state index in [1.807, 2.05) is 37.3 Å². The number of methoxy groups -OCH3 is 3. The summed E-state index contributed by atoms with van der Waals surface area (Å²) in [5, 5.41) is 0. The van der Waals surface area contributed by atoms with Crippen LogP contribution in [0.15, 0.2) is 48.5 Å². The Balaban J connectivity index is 2.01. The van der Waals surface area contributed by atoms with Crippen LogP contribution in [0.3, 0.4) is 0 Å². The van der Waals surface area contributed by atoms with E-state index in [9.17, 15) is 9.59 Å². The predicted molar refractivity (Wildman–Crippen MR) is 101 cm³/mol. The van der Waals surface area contributed by atoms with Crippen LogP contribution in [0.25, 0.3) is 0 Å². The second kappa shape index (κ2) is 8.21. The summed E-state index contributed by atoms with van der Waals surface area (Å²) >= 11 is 0. The highest BCUT2D eigenvalue weighted by Gasteiger charge is 2.50. The molecule has 1 aliphatic rings. The summed E-state index contributed by atoms with van der Waals surface area (Å²) in [4.78, 5) is 26.8. The highest BCUT2D eigenvalue weighted by atomic mass is 16.6. The molecule has 0 aliphatic carbocycles. The lowest BCUT2D eigenvalue weighted by molar-refractivity contribution is -0.147. The quantitative estimate of drug-likeness (QED) is 0.709. The third-order valence-electron chi connectivity index (χ3n) is 4.90. The van der Waals surface area contributed by atoms with Crippen LogP contribution >= 0.6 is 0 Å². The van der Waals surface area contributed by atoms with Crippen LogP contribution in [0, 0.1) is 0 Å². The predicted octanol–water partition coefficient (Wildman–Crippen LogP) is 3.50. The van der Waals surface area contributed by atoms with Crippen LogP contribution in [0.2, 0.25) is 0 Å². The van der Waals surface area contributed by atoms with Gasteiger partial charge in [-0.1, -0.05) is 36.4 Å². The average molecular weight is 385 g/mol.